The van der Waals surface area contributed by atoms with E-state index in [2.05, 4.69) is 41.3 Å². The normalized spacial score (nSPS) is 26.2. The number of phosphoric ester groups is 6. The maximum absolute atomic E-state index is 12.4. The second-order valence-electron chi connectivity index (χ2n) is 25.0. The van der Waals surface area contributed by atoms with E-state index in [1.165, 1.54) is 49.5 Å². The van der Waals surface area contributed by atoms with Crippen molar-refractivity contribution in [1.29, 1.82) is 0 Å². The van der Waals surface area contributed by atoms with Crippen molar-refractivity contribution in [2.24, 2.45) is 0 Å². The summed E-state index contributed by atoms with van der Waals surface area (Å²) in [6.45, 7) is -2.37. The summed E-state index contributed by atoms with van der Waals surface area (Å²) in [5.74, 6) is 0.0875. The zero-order chi connectivity index (χ0) is 83.8. The number of aliphatic hydroxyl groups is 2. The quantitative estimate of drug-likeness (QED) is 0.0201. The number of aliphatic hydroxyl groups excluding tert-OH is 2. The molecule has 1 aliphatic carbocycles. The lowest BCUT2D eigenvalue weighted by Crippen LogP contribution is -2.41. The molecule has 5 fully saturated rings. The van der Waals surface area contributed by atoms with E-state index in [4.69, 9.17) is 46.9 Å². The molecule has 0 bridgehead atoms. The smallest absolute Gasteiger partial charge is 0.514 e. The minimum Gasteiger partial charge on any atom is -0.756 e. The van der Waals surface area contributed by atoms with Crippen molar-refractivity contribution in [3.63, 3.8) is 0 Å². The van der Waals surface area contributed by atoms with Crippen LogP contribution in [0.4, 0.5) is 15.3 Å². The van der Waals surface area contributed by atoms with Crippen LogP contribution in [0.5, 0.6) is 5.75 Å². The molecule has 46 nitrogen and oxygen atoms in total. The number of hydrogen-bond acceptors (Lipinski definition) is 39. The van der Waals surface area contributed by atoms with Gasteiger partial charge in [0.1, 0.15) is 48.5 Å². The number of carbonyl (C=O) groups excluding carboxylic acids is 2. The number of carbonyl (C=O) groups is 2. The van der Waals surface area contributed by atoms with Gasteiger partial charge in [0.2, 0.25) is 0 Å². The molecule has 19 atom stereocenters. The number of para-hydroxylation sites is 2. The molecule has 1 saturated carbocycles. The van der Waals surface area contributed by atoms with Crippen LogP contribution in [0.1, 0.15) is 68.8 Å². The first-order valence-corrected chi connectivity index (χ1v) is 43.2. The summed E-state index contributed by atoms with van der Waals surface area (Å²) in [7, 11) is -32.4. The van der Waals surface area contributed by atoms with Gasteiger partial charge in [0.25, 0.3) is 63.6 Å². The minimum absolute atomic E-state index is 0.0875. The molecule has 6 N–H and O–H groups in total. The first-order valence-electron chi connectivity index (χ1n) is 34.4. The van der Waals surface area contributed by atoms with E-state index >= 15 is 0 Å². The van der Waals surface area contributed by atoms with E-state index in [1.807, 2.05) is 40.3 Å². The number of phosphoric acid groups is 6. The number of fused-ring (bicyclic) bond motifs is 1. The number of aromatic nitrogens is 6. The lowest BCUT2D eigenvalue weighted by Gasteiger charge is -2.34. The Morgan fingerprint density at radius 2 is 0.914 bits per heavy atom. The Morgan fingerprint density at radius 3 is 1.45 bits per heavy atom. The van der Waals surface area contributed by atoms with Gasteiger partial charge >= 0.3 is 29.3 Å². The van der Waals surface area contributed by atoms with Gasteiger partial charge in [0.05, 0.1) is 39.1 Å². The summed E-state index contributed by atoms with van der Waals surface area (Å²) in [5, 5.41) is 23.9. The molecule has 7 heterocycles. The van der Waals surface area contributed by atoms with Crippen LogP contribution in [0.3, 0.4) is 0 Å². The molecule has 116 heavy (non-hydrogen) atoms. The van der Waals surface area contributed by atoms with Gasteiger partial charge in [-0.05, 0) is 55.2 Å². The molecule has 5 aliphatic rings. The number of anilines is 1. The second-order valence-corrected chi connectivity index (χ2v) is 33.8. The molecule has 12 rings (SSSR count). The Bertz CT molecular complexity index is 5160. The van der Waals surface area contributed by atoms with Crippen molar-refractivity contribution < 1.29 is 155 Å². The highest BCUT2D eigenvalue weighted by Gasteiger charge is 2.55. The zero-order valence-corrected chi connectivity index (χ0v) is 65.3. The number of aromatic amines is 3. The van der Waals surface area contributed by atoms with Gasteiger partial charge in [-0.3, -0.25) is 75.7 Å². The number of ether oxygens (including phenoxy) is 8. The second kappa shape index (κ2) is 40.1. The summed E-state index contributed by atoms with van der Waals surface area (Å²) in [6.07, 6.45) is -14.0. The maximum atomic E-state index is 12.4. The minimum atomic E-state index is -5.61. The van der Waals surface area contributed by atoms with Gasteiger partial charge < -0.3 is 105 Å². The van der Waals surface area contributed by atoms with E-state index in [-0.39, 0.29) is 5.75 Å². The fourth-order valence-electron chi connectivity index (χ4n) is 11.7. The monoisotopic (exact) mass is 1750 g/mol. The standard InChI is InChI=1S/C23H24N2O14P2.C23H30N2O12P2.C18H23N3O13P2/c26-18-11-12-25(22(28)24-18)21-20(38-23(29)36-16-9-5-2-6-10-16)19(27)17(37-21)14-35-41(32,33)39-40(30,31)34-13-15-7-3-1-4-8-15;26-18-11-12-25(23(27)24-18)22-21-20(34-19(35-21)13-15-7-3-1-4-8-15)17(33-22)14-32-38(28,29)37-39(30,31)36-16-9-5-2-6-10-16;1-2-30-35(26,27)34-36(28,29)31-10-12-15(33-18(25)19-11-6-4-3-5-7-11)14(23)16(32-12)21-9-8-13(22)20-17(21)24/h1-12,17,19-21,27H,13-14H2,(H,30,31)(H,32,33)(H,24,26,28);1,3-4,7-8,11-12,16-17,19-22H,2,5-6,9-10,13-14H2,(H,28,29)(H,30,31)(H,24,26,27);3-9,12,14-16,23H,2,10H2,1H3,(H,19,25)(H,26,27)(H,28,29)(H,20,22,24)/p-6/t17-,19+,20?,21-;17-,19?,20+,21?,22-;12-,14?,15+,16-/m111/s1. The summed E-state index contributed by atoms with van der Waals surface area (Å²) in [5.41, 5.74) is -3.22. The Morgan fingerprint density at radius 1 is 0.474 bits per heavy atom. The Labute approximate surface area is 652 Å². The van der Waals surface area contributed by atoms with E-state index in [0.29, 0.717) is 30.5 Å². The lowest BCUT2D eigenvalue weighted by molar-refractivity contribution is -0.250. The van der Waals surface area contributed by atoms with Gasteiger partial charge in [-0.2, -0.15) is 0 Å². The highest BCUT2D eigenvalue weighted by atomic mass is 31.3. The third-order valence-electron chi connectivity index (χ3n) is 16.7. The predicted octanol–water partition coefficient (Wildman–Crippen LogP) is 1.09. The molecule has 10 unspecified atom stereocenters. The van der Waals surface area contributed by atoms with E-state index in [0.717, 1.165) is 69.1 Å². The Balaban J connectivity index is 0.000000184. The molecule has 3 aromatic heterocycles. The van der Waals surface area contributed by atoms with Crippen LogP contribution in [0.15, 0.2) is 187 Å². The van der Waals surface area contributed by atoms with E-state index in [9.17, 15) is 105 Å². The topological polar surface area (TPSA) is 649 Å². The van der Waals surface area contributed by atoms with Crippen LogP contribution < -0.4 is 73.2 Å². The van der Waals surface area contributed by atoms with Gasteiger partial charge in [0, 0.05) is 48.9 Å². The van der Waals surface area contributed by atoms with Crippen LogP contribution in [0.2, 0.25) is 0 Å². The van der Waals surface area contributed by atoms with Gasteiger partial charge in [0.15, 0.2) is 37.2 Å². The fraction of sp³-hybridized carbons (Fsp3) is 0.406. The molecule has 1 amide bonds. The number of amides is 1. The lowest BCUT2D eigenvalue weighted by atomic mass is 9.98. The molecule has 7 aromatic rings. The van der Waals surface area contributed by atoms with Crippen molar-refractivity contribution in [3.05, 3.63) is 232 Å². The molecular formula is C64H71N7O39P6-6. The molecular weight excluding hydrogens is 1680 g/mol. The first-order chi connectivity index (χ1) is 54.9. The number of benzene rings is 4. The maximum Gasteiger partial charge on any atom is 0.514 e. The molecule has 0 spiro atoms. The Kier molecular flexibility index (Phi) is 31.2. The summed E-state index contributed by atoms with van der Waals surface area (Å²) < 4.78 is 159. The third-order valence-corrected chi connectivity index (χ3v) is 24.5. The molecule has 4 aliphatic heterocycles. The SMILES string of the molecule is CCOP(=O)([O-])OP(=O)([O-])OC[C@H]1O[C@@H](n2ccc(=O)[nH]c2=O)C(O)[C@H]1OC(=O)Nc1ccccc1.O=C(Oc1ccccc1)OC1[C@@H](O)[C@@H](COP(=O)([O-])OP(=O)([O-])OCc2ccccc2)O[C@H]1n1ccc(=O)[nH]c1=O.O=c1ccn([C@@H]2O[C@H](COP(=O)([O-])OP(=O)([O-])OC3CCCCC3)[C@@H]3OC(Cc4ccccc4)OC32)c(=O)[nH]1. The predicted molar refractivity (Wildman–Crippen MR) is 377 cm³/mol. The van der Waals surface area contributed by atoms with Crippen molar-refractivity contribution in [2.75, 3.05) is 31.7 Å². The number of rotatable bonds is 31. The average Bonchev–Trinajstić information content (AvgIpc) is 1.61. The van der Waals surface area contributed by atoms with Crippen molar-refractivity contribution in [2.45, 2.75) is 138 Å². The van der Waals surface area contributed by atoms with Gasteiger partial charge in [-0.25, -0.2) is 36.9 Å². The fourth-order valence-corrected chi connectivity index (χ4v) is 18.0. The number of nitrogens with zero attached hydrogens (tertiary/aromatic N) is 3. The molecule has 4 saturated heterocycles. The molecule has 632 valence electrons. The largest absolute Gasteiger partial charge is 0.756 e. The van der Waals surface area contributed by atoms with Gasteiger partial charge in [-0.15, -0.1) is 0 Å². The van der Waals surface area contributed by atoms with E-state index in [1.54, 1.807) is 54.6 Å². The highest BCUT2D eigenvalue weighted by Crippen LogP contribution is 2.59. The molecule has 52 heteroatoms. The number of hydrogen-bond donors (Lipinski definition) is 6. The number of nitrogens with one attached hydrogen (secondary N) is 4. The highest BCUT2D eigenvalue weighted by molar-refractivity contribution is 7.60. The first kappa shape index (κ1) is 90.3. The van der Waals surface area contributed by atoms with Crippen molar-refractivity contribution >= 4 is 64.9 Å². The zero-order valence-electron chi connectivity index (χ0n) is 59.9. The molecule has 0 radical (unpaired) electrons. The van der Waals surface area contributed by atoms with E-state index < -0.39 is 212 Å². The van der Waals surface area contributed by atoms with Crippen molar-refractivity contribution in [3.8, 4) is 5.75 Å². The van der Waals surface area contributed by atoms with Crippen LogP contribution >= 0.6 is 46.9 Å². The van der Waals surface area contributed by atoms with Crippen molar-refractivity contribution in [1.82, 2.24) is 28.7 Å². The van der Waals surface area contributed by atoms with Crippen LogP contribution in [-0.2, 0) is 114 Å². The summed E-state index contributed by atoms with van der Waals surface area (Å²) in [6, 6.07) is 36.0. The summed E-state index contributed by atoms with van der Waals surface area (Å²) >= 11 is 0. The van der Waals surface area contributed by atoms with Crippen LogP contribution in [0.25, 0.3) is 0 Å². The van der Waals surface area contributed by atoms with Crippen LogP contribution in [0, 0.1) is 0 Å². The number of H-pyrrole nitrogens is 3. The third kappa shape index (κ3) is 26.5. The van der Waals surface area contributed by atoms with Gasteiger partial charge in [-0.1, -0.05) is 116 Å². The Hall–Kier alpha value is -8.04. The summed E-state index contributed by atoms with van der Waals surface area (Å²) in [4.78, 5) is 174. The average molecular weight is 1750 g/mol. The molecule has 4 aromatic carbocycles. The van der Waals surface area contributed by atoms with Crippen LogP contribution in [-0.4, -0.2) is 145 Å².